The summed E-state index contributed by atoms with van der Waals surface area (Å²) < 4.78 is 5.75. The van der Waals surface area contributed by atoms with E-state index in [1.165, 1.54) is 11.3 Å². The van der Waals surface area contributed by atoms with Crippen LogP contribution in [0.5, 0.6) is 0 Å². The number of nitrogens with one attached hydrogen (secondary N) is 1. The molecule has 3 N–H and O–H groups in total. The first-order valence-electron chi connectivity index (χ1n) is 8.49. The van der Waals surface area contributed by atoms with Gasteiger partial charge in [0.25, 0.3) is 5.91 Å². The van der Waals surface area contributed by atoms with E-state index in [0.29, 0.717) is 16.5 Å². The fourth-order valence-electron chi connectivity index (χ4n) is 4.16. The van der Waals surface area contributed by atoms with E-state index < -0.39 is 0 Å². The molecule has 140 valence electrons. The van der Waals surface area contributed by atoms with Gasteiger partial charge < -0.3 is 20.4 Å². The van der Waals surface area contributed by atoms with Crippen molar-refractivity contribution >= 4 is 40.2 Å². The van der Waals surface area contributed by atoms with E-state index in [9.17, 15) is 9.59 Å². The molecule has 2 saturated carbocycles. The molecular weight excluding hydrogens is 410 g/mol. The van der Waals surface area contributed by atoms with Crippen molar-refractivity contribution in [3.8, 4) is 0 Å². The van der Waals surface area contributed by atoms with Gasteiger partial charge in [-0.05, 0) is 65.6 Å². The number of halogens is 2. The van der Waals surface area contributed by atoms with E-state index in [2.05, 4.69) is 21.2 Å². The first-order chi connectivity index (χ1) is 11.4. The summed E-state index contributed by atoms with van der Waals surface area (Å²) in [6, 6.07) is 3.71. The molecule has 2 aliphatic carbocycles. The molecule has 2 fully saturated rings. The lowest BCUT2D eigenvalue weighted by Gasteiger charge is -2.45. The van der Waals surface area contributed by atoms with Crippen LogP contribution in [-0.2, 0) is 4.79 Å². The van der Waals surface area contributed by atoms with Gasteiger partial charge in [-0.2, -0.15) is 0 Å². The Balaban J connectivity index is 0.00000225. The number of carbonyl (C=O) groups is 2. The van der Waals surface area contributed by atoms with E-state index in [1.54, 1.807) is 19.2 Å². The largest absolute Gasteiger partial charge is 0.444 e. The van der Waals surface area contributed by atoms with Crippen LogP contribution in [0, 0.1) is 11.8 Å². The van der Waals surface area contributed by atoms with Crippen molar-refractivity contribution in [2.45, 2.75) is 44.2 Å². The molecule has 2 aliphatic rings. The van der Waals surface area contributed by atoms with Crippen molar-refractivity contribution in [1.29, 1.82) is 0 Å². The van der Waals surface area contributed by atoms with Gasteiger partial charge in [-0.25, -0.2) is 0 Å². The van der Waals surface area contributed by atoms with Crippen molar-refractivity contribution in [3.05, 3.63) is 22.6 Å². The maximum absolute atomic E-state index is 12.4. The summed E-state index contributed by atoms with van der Waals surface area (Å²) in [5.41, 5.74) is 6.13. The Hall–Kier alpha value is -1.05. The minimum atomic E-state index is -0.304. The Morgan fingerprint density at radius 3 is 2.52 bits per heavy atom. The zero-order valence-electron chi connectivity index (χ0n) is 14.2. The molecule has 0 aromatic carbocycles. The molecule has 2 amide bonds. The molecule has 2 atom stereocenters. The summed E-state index contributed by atoms with van der Waals surface area (Å²) in [5, 5.41) is 3.16. The summed E-state index contributed by atoms with van der Waals surface area (Å²) in [6.45, 7) is 0.0269. The number of likely N-dealkylation sites (N-methyl/N-ethyl adjacent to an activating group) is 1. The second-order valence-electron chi connectivity index (χ2n) is 7.04. The topological polar surface area (TPSA) is 88.6 Å². The van der Waals surface area contributed by atoms with Crippen LogP contribution >= 0.6 is 28.3 Å². The van der Waals surface area contributed by atoms with Gasteiger partial charge in [-0.3, -0.25) is 9.59 Å². The summed E-state index contributed by atoms with van der Waals surface area (Å²) in [5.74, 6) is 0.741. The number of fused-ring (bicyclic) bond motifs is 2. The molecule has 6 nitrogen and oxygen atoms in total. The number of carbonyl (C=O) groups excluding carboxylic acids is 2. The van der Waals surface area contributed by atoms with Gasteiger partial charge in [-0.15, -0.1) is 12.4 Å². The second kappa shape index (κ2) is 8.56. The third-order valence-corrected chi connectivity index (χ3v) is 5.64. The Morgan fingerprint density at radius 2 is 1.96 bits per heavy atom. The number of furan rings is 1. The normalized spacial score (nSPS) is 28.0. The predicted octanol–water partition coefficient (Wildman–Crippen LogP) is 2.56. The van der Waals surface area contributed by atoms with Gasteiger partial charge in [0, 0.05) is 19.1 Å². The van der Waals surface area contributed by atoms with Crippen LogP contribution in [-0.4, -0.2) is 42.4 Å². The van der Waals surface area contributed by atoms with Crippen LogP contribution < -0.4 is 11.1 Å². The highest BCUT2D eigenvalue weighted by Crippen LogP contribution is 2.39. The molecular formula is C17H25BrClN3O3. The number of rotatable bonds is 4. The van der Waals surface area contributed by atoms with Crippen molar-refractivity contribution in [3.63, 3.8) is 0 Å². The van der Waals surface area contributed by atoms with Crippen molar-refractivity contribution in [1.82, 2.24) is 10.2 Å². The Morgan fingerprint density at radius 1 is 1.32 bits per heavy atom. The zero-order valence-corrected chi connectivity index (χ0v) is 16.6. The minimum Gasteiger partial charge on any atom is -0.444 e. The standard InChI is InChI=1S/C17H24BrN3O3.ClH/c1-21(17(23)13-5-6-14(18)24-13)9-15(22)20-16-10-3-2-4-11(16)8-12(19)7-10;/h5-6,10-12,16H,2-4,7-9,19H2,1H3,(H,20,22);1H. The maximum Gasteiger partial charge on any atom is 0.289 e. The molecule has 0 spiro atoms. The van der Waals surface area contributed by atoms with Crippen LogP contribution in [0.2, 0.25) is 0 Å². The molecule has 1 heterocycles. The average Bonchev–Trinajstić information content (AvgIpc) is 2.93. The molecule has 25 heavy (non-hydrogen) atoms. The molecule has 0 aliphatic heterocycles. The number of hydrogen-bond donors (Lipinski definition) is 2. The van der Waals surface area contributed by atoms with Crippen molar-refractivity contribution < 1.29 is 14.0 Å². The van der Waals surface area contributed by atoms with Gasteiger partial charge in [0.05, 0.1) is 6.54 Å². The molecule has 2 bridgehead atoms. The van der Waals surface area contributed by atoms with Crippen LogP contribution in [0.1, 0.15) is 42.7 Å². The summed E-state index contributed by atoms with van der Waals surface area (Å²) in [4.78, 5) is 26.0. The molecule has 0 radical (unpaired) electrons. The Bertz CT molecular complexity index is 610. The predicted molar refractivity (Wildman–Crippen MR) is 101 cm³/mol. The first kappa shape index (κ1) is 20.3. The van der Waals surface area contributed by atoms with Gasteiger partial charge in [-0.1, -0.05) is 6.42 Å². The lowest BCUT2D eigenvalue weighted by Crippen LogP contribution is -2.55. The van der Waals surface area contributed by atoms with E-state index in [4.69, 9.17) is 10.2 Å². The number of amides is 2. The quantitative estimate of drug-likeness (QED) is 0.762. The zero-order chi connectivity index (χ0) is 17.3. The fourth-order valence-corrected chi connectivity index (χ4v) is 4.47. The highest BCUT2D eigenvalue weighted by Gasteiger charge is 2.40. The third kappa shape index (κ3) is 4.77. The smallest absolute Gasteiger partial charge is 0.289 e. The Labute approximate surface area is 162 Å². The van der Waals surface area contributed by atoms with E-state index in [0.717, 1.165) is 25.7 Å². The highest BCUT2D eigenvalue weighted by atomic mass is 79.9. The summed E-state index contributed by atoms with van der Waals surface area (Å²) in [7, 11) is 1.61. The second-order valence-corrected chi connectivity index (χ2v) is 7.82. The van der Waals surface area contributed by atoms with Gasteiger partial charge in [0.1, 0.15) is 0 Å². The summed E-state index contributed by atoms with van der Waals surface area (Å²) >= 11 is 3.17. The number of nitrogens with zero attached hydrogens (tertiary/aromatic N) is 1. The van der Waals surface area contributed by atoms with Crippen LogP contribution in [0.15, 0.2) is 21.2 Å². The monoisotopic (exact) mass is 433 g/mol. The van der Waals surface area contributed by atoms with E-state index in [1.807, 2.05) is 0 Å². The molecule has 3 rings (SSSR count). The minimum absolute atomic E-state index is 0. The third-order valence-electron chi connectivity index (χ3n) is 5.22. The van der Waals surface area contributed by atoms with Crippen LogP contribution in [0.25, 0.3) is 0 Å². The number of hydrogen-bond acceptors (Lipinski definition) is 4. The van der Waals surface area contributed by atoms with Gasteiger partial charge >= 0.3 is 0 Å². The molecule has 8 heteroatoms. The first-order valence-corrected chi connectivity index (χ1v) is 9.29. The van der Waals surface area contributed by atoms with Gasteiger partial charge in [0.15, 0.2) is 10.4 Å². The van der Waals surface area contributed by atoms with Crippen LogP contribution in [0.4, 0.5) is 0 Å². The van der Waals surface area contributed by atoms with Crippen LogP contribution in [0.3, 0.4) is 0 Å². The molecule has 2 unspecified atom stereocenters. The molecule has 1 aromatic rings. The highest BCUT2D eigenvalue weighted by molar-refractivity contribution is 9.10. The van der Waals surface area contributed by atoms with E-state index in [-0.39, 0.29) is 48.6 Å². The SMILES string of the molecule is CN(CC(=O)NC1C2CCCC1CC(N)C2)C(=O)c1ccc(Br)o1.Cl. The Kier molecular flexibility index (Phi) is 6.93. The van der Waals surface area contributed by atoms with Gasteiger partial charge in [0.2, 0.25) is 5.91 Å². The number of nitrogens with two attached hydrogens (primary N) is 1. The molecule has 1 aromatic heterocycles. The fraction of sp³-hybridized carbons (Fsp3) is 0.647. The van der Waals surface area contributed by atoms with Crippen molar-refractivity contribution in [2.24, 2.45) is 17.6 Å². The summed E-state index contributed by atoms with van der Waals surface area (Å²) in [6.07, 6.45) is 5.45. The molecule has 0 saturated heterocycles. The van der Waals surface area contributed by atoms with Crippen molar-refractivity contribution in [2.75, 3.05) is 13.6 Å². The lowest BCUT2D eigenvalue weighted by molar-refractivity contribution is -0.123. The lowest BCUT2D eigenvalue weighted by atomic mass is 9.67. The van der Waals surface area contributed by atoms with E-state index >= 15 is 0 Å². The average molecular weight is 435 g/mol. The maximum atomic E-state index is 12.4.